The lowest BCUT2D eigenvalue weighted by Crippen LogP contribution is -2.42. The minimum absolute atomic E-state index is 0.0369. The Kier molecular flexibility index (Phi) is 4.06. The van der Waals surface area contributed by atoms with Crippen LogP contribution >= 0.6 is 0 Å². The largest absolute Gasteiger partial charge is 0.348 e. The number of rotatable bonds is 3. The van der Waals surface area contributed by atoms with E-state index in [-0.39, 0.29) is 11.9 Å². The molecule has 0 fully saturated rings. The van der Waals surface area contributed by atoms with Crippen LogP contribution in [0.25, 0.3) is 0 Å². The summed E-state index contributed by atoms with van der Waals surface area (Å²) in [5.74, 6) is 0.647. The summed E-state index contributed by atoms with van der Waals surface area (Å²) < 4.78 is 2.27. The van der Waals surface area contributed by atoms with Crippen molar-refractivity contribution in [2.45, 2.75) is 39.8 Å². The lowest BCUT2D eigenvalue weighted by Gasteiger charge is -2.38. The molecule has 2 heterocycles. The fraction of sp³-hybridized carbons (Fsp3) is 0.421. The monoisotopic (exact) mass is 296 g/mol. The summed E-state index contributed by atoms with van der Waals surface area (Å²) in [5.41, 5.74) is 3.66. The van der Waals surface area contributed by atoms with Crippen LogP contribution in [0.5, 0.6) is 0 Å². The molecule has 22 heavy (non-hydrogen) atoms. The van der Waals surface area contributed by atoms with Gasteiger partial charge in [-0.3, -0.25) is 4.79 Å². The van der Waals surface area contributed by atoms with Gasteiger partial charge in [0, 0.05) is 31.4 Å². The number of aromatic nitrogens is 1. The second-order valence-corrected chi connectivity index (χ2v) is 6.63. The molecule has 1 aromatic carbocycles. The first-order valence-electron chi connectivity index (χ1n) is 8.07. The number of hydrogen-bond acceptors (Lipinski definition) is 1. The maximum atomic E-state index is 12.7. The Bertz CT molecular complexity index is 672. The summed E-state index contributed by atoms with van der Waals surface area (Å²) in [6, 6.07) is 12.8. The molecule has 116 valence electrons. The first kappa shape index (κ1) is 14.9. The van der Waals surface area contributed by atoms with E-state index in [0.29, 0.717) is 12.3 Å². The zero-order chi connectivity index (χ0) is 15.7. The van der Waals surface area contributed by atoms with Gasteiger partial charge in [0.2, 0.25) is 5.91 Å². The van der Waals surface area contributed by atoms with E-state index in [4.69, 9.17) is 0 Å². The molecule has 3 heteroatoms. The predicted molar refractivity (Wildman–Crippen MR) is 88.6 cm³/mol. The third-order valence-corrected chi connectivity index (χ3v) is 4.30. The molecule has 3 rings (SSSR count). The van der Waals surface area contributed by atoms with Gasteiger partial charge in [0.05, 0.1) is 6.04 Å². The Morgan fingerprint density at radius 2 is 2.05 bits per heavy atom. The van der Waals surface area contributed by atoms with E-state index in [1.807, 2.05) is 0 Å². The molecular weight excluding hydrogens is 272 g/mol. The Hall–Kier alpha value is -2.03. The molecule has 0 bridgehead atoms. The average molecular weight is 296 g/mol. The molecule has 1 aromatic heterocycles. The van der Waals surface area contributed by atoms with E-state index in [0.717, 1.165) is 13.1 Å². The molecule has 0 N–H and O–H groups in total. The molecule has 1 atom stereocenters. The van der Waals surface area contributed by atoms with Crippen molar-refractivity contribution in [3.8, 4) is 0 Å². The van der Waals surface area contributed by atoms with Crippen LogP contribution in [0, 0.1) is 12.8 Å². The van der Waals surface area contributed by atoms with Crippen molar-refractivity contribution in [1.29, 1.82) is 0 Å². The van der Waals surface area contributed by atoms with Crippen molar-refractivity contribution in [2.24, 2.45) is 5.92 Å². The topological polar surface area (TPSA) is 25.2 Å². The van der Waals surface area contributed by atoms with Crippen molar-refractivity contribution in [1.82, 2.24) is 9.47 Å². The second kappa shape index (κ2) is 5.99. The fourth-order valence-electron chi connectivity index (χ4n) is 3.31. The lowest BCUT2D eigenvalue weighted by molar-refractivity contribution is -0.134. The molecule has 1 unspecified atom stereocenters. The Balaban J connectivity index is 2.01. The van der Waals surface area contributed by atoms with E-state index < -0.39 is 0 Å². The Morgan fingerprint density at radius 1 is 1.23 bits per heavy atom. The Labute approximate surface area is 132 Å². The van der Waals surface area contributed by atoms with Gasteiger partial charge in [-0.25, -0.2) is 0 Å². The second-order valence-electron chi connectivity index (χ2n) is 6.63. The molecule has 1 aliphatic rings. The van der Waals surface area contributed by atoms with Crippen LogP contribution in [0.1, 0.15) is 43.1 Å². The normalized spacial score (nSPS) is 17.6. The summed E-state index contributed by atoms with van der Waals surface area (Å²) in [4.78, 5) is 14.8. The highest BCUT2D eigenvalue weighted by molar-refractivity contribution is 5.77. The van der Waals surface area contributed by atoms with Crippen LogP contribution in [0.15, 0.2) is 42.6 Å². The van der Waals surface area contributed by atoms with Crippen LogP contribution in [0.2, 0.25) is 0 Å². The molecular formula is C19H24N2O. The lowest BCUT2D eigenvalue weighted by atomic mass is 9.97. The molecule has 0 aliphatic carbocycles. The maximum Gasteiger partial charge on any atom is 0.223 e. The predicted octanol–water partition coefficient (Wildman–Crippen LogP) is 3.77. The third kappa shape index (κ3) is 2.80. The molecule has 0 radical (unpaired) electrons. The number of nitrogens with zero attached hydrogens (tertiary/aromatic N) is 2. The van der Waals surface area contributed by atoms with E-state index in [2.05, 4.69) is 72.8 Å². The number of amides is 1. The van der Waals surface area contributed by atoms with Gasteiger partial charge in [-0.1, -0.05) is 43.7 Å². The Morgan fingerprint density at radius 3 is 2.77 bits per heavy atom. The molecule has 1 aliphatic heterocycles. The number of aryl methyl sites for hydroxylation is 1. The number of benzene rings is 1. The van der Waals surface area contributed by atoms with Crippen molar-refractivity contribution in [3.63, 3.8) is 0 Å². The molecule has 3 nitrogen and oxygen atoms in total. The van der Waals surface area contributed by atoms with Crippen LogP contribution in [0.4, 0.5) is 0 Å². The molecule has 2 aromatic rings. The van der Waals surface area contributed by atoms with Gasteiger partial charge in [0.15, 0.2) is 0 Å². The van der Waals surface area contributed by atoms with Gasteiger partial charge in [-0.05, 0) is 30.5 Å². The van der Waals surface area contributed by atoms with Crippen molar-refractivity contribution in [3.05, 3.63) is 59.4 Å². The molecule has 1 amide bonds. The van der Waals surface area contributed by atoms with Crippen LogP contribution in [0.3, 0.4) is 0 Å². The zero-order valence-corrected chi connectivity index (χ0v) is 13.6. The number of fused-ring (bicyclic) bond motifs is 1. The van der Waals surface area contributed by atoms with Crippen LogP contribution in [-0.4, -0.2) is 21.9 Å². The maximum absolute atomic E-state index is 12.7. The van der Waals surface area contributed by atoms with E-state index in [1.165, 1.54) is 16.8 Å². The number of hydrogen-bond donors (Lipinski definition) is 0. The van der Waals surface area contributed by atoms with Gasteiger partial charge in [0.1, 0.15) is 0 Å². The third-order valence-electron chi connectivity index (χ3n) is 4.30. The van der Waals surface area contributed by atoms with E-state index in [9.17, 15) is 4.79 Å². The highest BCUT2D eigenvalue weighted by Gasteiger charge is 2.32. The minimum Gasteiger partial charge on any atom is -0.348 e. The summed E-state index contributed by atoms with van der Waals surface area (Å²) in [7, 11) is 0. The molecule has 0 saturated carbocycles. The smallest absolute Gasteiger partial charge is 0.223 e. The van der Waals surface area contributed by atoms with Crippen LogP contribution in [-0.2, 0) is 11.3 Å². The first-order chi connectivity index (χ1) is 10.6. The van der Waals surface area contributed by atoms with E-state index >= 15 is 0 Å². The number of carbonyl (C=O) groups is 1. The van der Waals surface area contributed by atoms with Gasteiger partial charge < -0.3 is 9.47 Å². The summed E-state index contributed by atoms with van der Waals surface area (Å²) >= 11 is 0. The molecule has 0 saturated heterocycles. The minimum atomic E-state index is 0.0369. The van der Waals surface area contributed by atoms with Gasteiger partial charge in [-0.2, -0.15) is 0 Å². The van der Waals surface area contributed by atoms with Crippen molar-refractivity contribution in [2.75, 3.05) is 6.54 Å². The standard InChI is InChI=1S/C19H24N2O/c1-14(2)12-18(22)21-11-10-20-9-5-8-17(20)19(21)16-7-4-6-15(3)13-16/h4-9,13-14,19H,10-12H2,1-3H3. The SMILES string of the molecule is Cc1cccc(C2c3cccn3CCN2C(=O)CC(C)C)c1. The summed E-state index contributed by atoms with van der Waals surface area (Å²) in [6.07, 6.45) is 2.73. The first-order valence-corrected chi connectivity index (χ1v) is 8.07. The van der Waals surface area contributed by atoms with Crippen LogP contribution < -0.4 is 0 Å². The number of carbonyl (C=O) groups excluding carboxylic acids is 1. The quantitative estimate of drug-likeness (QED) is 0.846. The summed E-state index contributed by atoms with van der Waals surface area (Å²) in [6.45, 7) is 7.98. The fourth-order valence-corrected chi connectivity index (χ4v) is 3.31. The average Bonchev–Trinajstić information content (AvgIpc) is 2.93. The highest BCUT2D eigenvalue weighted by atomic mass is 16.2. The summed E-state index contributed by atoms with van der Waals surface area (Å²) in [5, 5.41) is 0. The van der Waals surface area contributed by atoms with Crippen molar-refractivity contribution < 1.29 is 4.79 Å². The van der Waals surface area contributed by atoms with Gasteiger partial charge >= 0.3 is 0 Å². The van der Waals surface area contributed by atoms with E-state index in [1.54, 1.807) is 0 Å². The van der Waals surface area contributed by atoms with Crippen molar-refractivity contribution >= 4 is 5.91 Å². The molecule has 0 spiro atoms. The highest BCUT2D eigenvalue weighted by Crippen LogP contribution is 2.33. The van der Waals surface area contributed by atoms with Gasteiger partial charge in [-0.15, -0.1) is 0 Å². The van der Waals surface area contributed by atoms with Gasteiger partial charge in [0.25, 0.3) is 0 Å². The zero-order valence-electron chi connectivity index (χ0n) is 13.6.